The van der Waals surface area contributed by atoms with Crippen LogP contribution in [0.4, 0.5) is 22.0 Å². The number of rotatable bonds is 5. The van der Waals surface area contributed by atoms with Gasteiger partial charge in [0.15, 0.2) is 23.3 Å². The molecule has 1 atom stereocenters. The molecular weight excluding hydrogens is 499 g/mol. The second-order valence-electron chi connectivity index (χ2n) is 8.84. The van der Waals surface area contributed by atoms with Crippen LogP contribution in [0.25, 0.3) is 11.8 Å². The van der Waals surface area contributed by atoms with Gasteiger partial charge in [-0.05, 0) is 42.8 Å². The molecule has 2 aliphatic heterocycles. The van der Waals surface area contributed by atoms with E-state index in [1.54, 1.807) is 35.3 Å². The van der Waals surface area contributed by atoms with E-state index < -0.39 is 54.2 Å². The molecule has 0 aliphatic carbocycles. The molecule has 12 heteroatoms. The molecule has 2 aromatic carbocycles. The Balaban J connectivity index is 1.55. The van der Waals surface area contributed by atoms with Gasteiger partial charge >= 0.3 is 0 Å². The number of hydrogen-bond donors (Lipinski definition) is 1. The van der Waals surface area contributed by atoms with E-state index >= 15 is 0 Å². The number of nitrogens with zero attached hydrogens (tertiary/aromatic N) is 4. The monoisotopic (exact) mass is 520 g/mol. The number of hydrogen-bond acceptors (Lipinski definition) is 6. The number of ether oxygens (including phenoxy) is 1. The SMILES string of the molecule is COc1cc(C=C2CC(F)(F)CN3C2=NO[C@]3(CO)c2cc(F)c(F)c(F)c2)ccc1-n1cnc(C)c1. The van der Waals surface area contributed by atoms with E-state index in [9.17, 15) is 27.1 Å². The lowest BCUT2D eigenvalue weighted by atomic mass is 9.92. The van der Waals surface area contributed by atoms with Gasteiger partial charge in [0.25, 0.3) is 11.6 Å². The molecule has 1 fully saturated rings. The Morgan fingerprint density at radius 2 is 1.89 bits per heavy atom. The molecule has 194 valence electrons. The van der Waals surface area contributed by atoms with Crippen molar-refractivity contribution in [1.29, 1.82) is 0 Å². The summed E-state index contributed by atoms with van der Waals surface area (Å²) >= 11 is 0. The first kappa shape index (κ1) is 24.8. The van der Waals surface area contributed by atoms with Crippen molar-refractivity contribution in [1.82, 2.24) is 14.5 Å². The first-order valence-electron chi connectivity index (χ1n) is 11.1. The van der Waals surface area contributed by atoms with E-state index in [-0.39, 0.29) is 11.4 Å². The van der Waals surface area contributed by atoms with Crippen molar-refractivity contribution in [2.45, 2.75) is 25.0 Å². The van der Waals surface area contributed by atoms with E-state index in [0.29, 0.717) is 29.1 Å². The molecule has 0 radical (unpaired) electrons. The fourth-order valence-corrected chi connectivity index (χ4v) is 4.53. The van der Waals surface area contributed by atoms with E-state index in [2.05, 4.69) is 10.1 Å². The molecule has 1 saturated heterocycles. The van der Waals surface area contributed by atoms with Gasteiger partial charge in [0.1, 0.15) is 12.4 Å². The van der Waals surface area contributed by atoms with Crippen molar-refractivity contribution in [2.75, 3.05) is 20.3 Å². The number of benzene rings is 2. The highest BCUT2D eigenvalue weighted by atomic mass is 19.3. The number of methoxy groups -OCH3 is 1. The molecule has 3 heterocycles. The summed E-state index contributed by atoms with van der Waals surface area (Å²) in [6.45, 7) is -0.102. The van der Waals surface area contributed by atoms with Crippen LogP contribution in [0.5, 0.6) is 5.75 Å². The number of aliphatic hydroxyl groups is 1. The molecule has 0 amide bonds. The number of oxime groups is 1. The summed E-state index contributed by atoms with van der Waals surface area (Å²) in [4.78, 5) is 10.5. The minimum Gasteiger partial charge on any atom is -0.495 e. The number of aryl methyl sites for hydroxylation is 1. The first-order chi connectivity index (χ1) is 17.6. The summed E-state index contributed by atoms with van der Waals surface area (Å²) in [5.41, 5.74) is -0.527. The van der Waals surface area contributed by atoms with Gasteiger partial charge in [-0.25, -0.2) is 26.9 Å². The number of piperidine rings is 1. The van der Waals surface area contributed by atoms with E-state index in [4.69, 9.17) is 9.57 Å². The largest absolute Gasteiger partial charge is 0.495 e. The molecule has 0 bridgehead atoms. The predicted octanol–water partition coefficient (Wildman–Crippen LogP) is 4.52. The van der Waals surface area contributed by atoms with Crippen LogP contribution >= 0.6 is 0 Å². The molecule has 37 heavy (non-hydrogen) atoms. The Morgan fingerprint density at radius 1 is 1.16 bits per heavy atom. The summed E-state index contributed by atoms with van der Waals surface area (Å²) in [7, 11) is 1.47. The smallest absolute Gasteiger partial charge is 0.269 e. The molecule has 0 unspecified atom stereocenters. The molecule has 3 aromatic rings. The van der Waals surface area contributed by atoms with Gasteiger partial charge in [0, 0.05) is 23.8 Å². The van der Waals surface area contributed by atoms with E-state index in [0.717, 1.165) is 10.6 Å². The Hall–Kier alpha value is -3.93. The van der Waals surface area contributed by atoms with Crippen LogP contribution < -0.4 is 4.74 Å². The van der Waals surface area contributed by atoms with Crippen LogP contribution in [-0.4, -0.2) is 51.6 Å². The summed E-state index contributed by atoms with van der Waals surface area (Å²) in [5, 5.41) is 14.0. The highest BCUT2D eigenvalue weighted by Crippen LogP contribution is 2.44. The lowest BCUT2D eigenvalue weighted by Gasteiger charge is -2.41. The summed E-state index contributed by atoms with van der Waals surface area (Å²) in [6.07, 6.45) is 4.18. The number of imidazole rings is 1. The van der Waals surface area contributed by atoms with Gasteiger partial charge in [0.05, 0.1) is 31.4 Å². The molecular formula is C25H21F5N4O3. The van der Waals surface area contributed by atoms with Gasteiger partial charge in [0.2, 0.25) is 0 Å². The predicted molar refractivity (Wildman–Crippen MR) is 123 cm³/mol. The molecule has 2 aliphatic rings. The summed E-state index contributed by atoms with van der Waals surface area (Å²) in [6, 6.07) is 6.25. The molecule has 1 aromatic heterocycles. The van der Waals surface area contributed by atoms with Gasteiger partial charge in [-0.2, -0.15) is 0 Å². The van der Waals surface area contributed by atoms with Gasteiger partial charge in [-0.15, -0.1) is 0 Å². The molecule has 5 rings (SSSR count). The average molecular weight is 520 g/mol. The highest BCUT2D eigenvalue weighted by molar-refractivity contribution is 6.04. The topological polar surface area (TPSA) is 72.1 Å². The van der Waals surface area contributed by atoms with E-state index in [1.807, 2.05) is 6.92 Å². The van der Waals surface area contributed by atoms with Crippen LogP contribution in [-0.2, 0) is 10.6 Å². The van der Waals surface area contributed by atoms with Crippen LogP contribution in [0.1, 0.15) is 23.2 Å². The van der Waals surface area contributed by atoms with Crippen molar-refractivity contribution in [2.24, 2.45) is 5.16 Å². The third-order valence-electron chi connectivity index (χ3n) is 6.28. The Bertz CT molecular complexity index is 1410. The third-order valence-corrected chi connectivity index (χ3v) is 6.28. The van der Waals surface area contributed by atoms with Crippen LogP contribution in [0, 0.1) is 24.4 Å². The normalized spacial score (nSPS) is 21.6. The van der Waals surface area contributed by atoms with Crippen molar-refractivity contribution in [3.8, 4) is 11.4 Å². The van der Waals surface area contributed by atoms with Crippen molar-refractivity contribution < 1.29 is 36.6 Å². The number of aliphatic hydroxyl groups excluding tert-OH is 1. The summed E-state index contributed by atoms with van der Waals surface area (Å²) in [5.74, 6) is -7.74. The fraction of sp³-hybridized carbons (Fsp3) is 0.280. The first-order valence-corrected chi connectivity index (χ1v) is 11.1. The summed E-state index contributed by atoms with van der Waals surface area (Å²) < 4.78 is 78.6. The van der Waals surface area contributed by atoms with Crippen LogP contribution in [0.3, 0.4) is 0 Å². The average Bonchev–Trinajstić information content (AvgIpc) is 3.45. The molecule has 0 saturated carbocycles. The lowest BCUT2D eigenvalue weighted by molar-refractivity contribution is -0.160. The number of fused-ring (bicyclic) bond motifs is 1. The van der Waals surface area contributed by atoms with Gasteiger partial charge in [-0.1, -0.05) is 11.2 Å². The Kier molecular flexibility index (Phi) is 5.94. The number of amidine groups is 1. The zero-order valence-corrected chi connectivity index (χ0v) is 19.7. The second-order valence-corrected chi connectivity index (χ2v) is 8.84. The highest BCUT2D eigenvalue weighted by Gasteiger charge is 2.55. The van der Waals surface area contributed by atoms with Gasteiger partial charge < -0.3 is 24.1 Å². The molecule has 7 nitrogen and oxygen atoms in total. The Morgan fingerprint density at radius 3 is 2.51 bits per heavy atom. The van der Waals surface area contributed by atoms with Crippen molar-refractivity contribution in [3.05, 3.63) is 82.7 Å². The number of alkyl halides is 2. The standard InChI is InChI=1S/C25H21F5N4O3/c1-14-10-33(13-31-14)20-4-3-15(6-21(20)36-2)5-16-9-24(29,30)11-34-23(16)32-37-25(34,12-35)17-7-18(26)22(28)19(27)8-17/h3-8,10,13,35H,9,11-12H2,1-2H3/t25-/m1/s1. The quantitative estimate of drug-likeness (QED) is 0.396. The minimum absolute atomic E-state index is 0.0432. The minimum atomic E-state index is -3.31. The maximum Gasteiger partial charge on any atom is 0.269 e. The molecule has 1 N–H and O–H groups in total. The zero-order valence-electron chi connectivity index (χ0n) is 19.7. The van der Waals surface area contributed by atoms with Crippen molar-refractivity contribution in [3.63, 3.8) is 0 Å². The maximum absolute atomic E-state index is 14.9. The van der Waals surface area contributed by atoms with Crippen LogP contribution in [0.15, 0.2) is 53.6 Å². The number of halogens is 5. The molecule has 0 spiro atoms. The van der Waals surface area contributed by atoms with E-state index in [1.165, 1.54) is 13.2 Å². The van der Waals surface area contributed by atoms with Crippen molar-refractivity contribution >= 4 is 11.9 Å². The van der Waals surface area contributed by atoms with Crippen LogP contribution in [0.2, 0.25) is 0 Å². The fourth-order valence-electron chi connectivity index (χ4n) is 4.53. The Labute approximate surface area is 208 Å². The zero-order chi connectivity index (χ0) is 26.5. The maximum atomic E-state index is 14.9. The second kappa shape index (κ2) is 8.87. The lowest BCUT2D eigenvalue weighted by Crippen LogP contribution is -2.56. The number of aromatic nitrogens is 2. The van der Waals surface area contributed by atoms with Gasteiger partial charge in [-0.3, -0.25) is 0 Å². The third kappa shape index (κ3) is 4.20.